The minimum Gasteiger partial charge on any atom is -0.497 e. The van der Waals surface area contributed by atoms with Gasteiger partial charge in [0.2, 0.25) is 5.91 Å². The summed E-state index contributed by atoms with van der Waals surface area (Å²) in [7, 11) is 1.48. The maximum absolute atomic E-state index is 12.0. The smallest absolute Gasteiger partial charge is 0.252 e. The average molecular weight is 251 g/mol. The van der Waals surface area contributed by atoms with Crippen LogP contribution in [-0.2, 0) is 4.79 Å². The van der Waals surface area contributed by atoms with E-state index in [0.29, 0.717) is 17.0 Å². The molecule has 0 fully saturated rings. The first-order chi connectivity index (χ1) is 8.26. The molecule has 6 heteroatoms. The summed E-state index contributed by atoms with van der Waals surface area (Å²) in [5.74, 6) is -0.590. The maximum atomic E-state index is 12.0. The Morgan fingerprint density at radius 3 is 2.39 bits per heavy atom. The lowest BCUT2D eigenvalue weighted by molar-refractivity contribution is -0.122. The predicted molar refractivity (Wildman–Crippen MR) is 68.1 cm³/mol. The van der Waals surface area contributed by atoms with Crippen LogP contribution in [0.25, 0.3) is 0 Å². The van der Waals surface area contributed by atoms with E-state index in [4.69, 9.17) is 16.2 Å². The van der Waals surface area contributed by atoms with E-state index in [1.165, 1.54) is 33.1 Å². The molecule has 0 radical (unpaired) electrons. The van der Waals surface area contributed by atoms with E-state index in [9.17, 15) is 9.59 Å². The molecule has 1 aromatic carbocycles. The first-order valence-electron chi connectivity index (χ1n) is 5.33. The van der Waals surface area contributed by atoms with Crippen LogP contribution >= 0.6 is 0 Å². The molecule has 1 aromatic rings. The predicted octanol–water partition coefficient (Wildman–Crippen LogP) is 0.271. The molecule has 0 bridgehead atoms. The number of nitrogens with two attached hydrogens (primary N) is 2. The van der Waals surface area contributed by atoms with Crippen molar-refractivity contribution in [2.75, 3.05) is 12.8 Å². The van der Waals surface area contributed by atoms with Crippen molar-refractivity contribution in [1.29, 1.82) is 0 Å². The molecule has 0 aliphatic rings. The van der Waals surface area contributed by atoms with Gasteiger partial charge in [0.1, 0.15) is 11.3 Å². The number of nitrogen functional groups attached to an aromatic ring is 1. The normalized spacial score (nSPS) is 10.8. The summed E-state index contributed by atoms with van der Waals surface area (Å²) in [6.45, 7) is 3.05. The lowest BCUT2D eigenvalue weighted by Crippen LogP contribution is -2.53. The van der Waals surface area contributed by atoms with Gasteiger partial charge in [-0.1, -0.05) is 0 Å². The number of anilines is 1. The van der Waals surface area contributed by atoms with E-state index in [-0.39, 0.29) is 0 Å². The topological polar surface area (TPSA) is 107 Å². The first kappa shape index (κ1) is 13.8. The molecular formula is C12H17N3O3. The molecule has 6 nitrogen and oxygen atoms in total. The molecule has 0 saturated carbocycles. The van der Waals surface area contributed by atoms with Crippen molar-refractivity contribution in [1.82, 2.24) is 5.32 Å². The van der Waals surface area contributed by atoms with Gasteiger partial charge in [0.05, 0.1) is 7.11 Å². The molecule has 0 unspecified atom stereocenters. The van der Waals surface area contributed by atoms with Crippen LogP contribution in [0, 0.1) is 0 Å². The Balaban J connectivity index is 2.98. The van der Waals surface area contributed by atoms with Crippen LogP contribution in [-0.4, -0.2) is 24.5 Å². The van der Waals surface area contributed by atoms with Gasteiger partial charge in [0, 0.05) is 17.3 Å². The second kappa shape index (κ2) is 4.95. The number of hydrogen-bond donors (Lipinski definition) is 3. The van der Waals surface area contributed by atoms with Gasteiger partial charge >= 0.3 is 0 Å². The van der Waals surface area contributed by atoms with Crippen molar-refractivity contribution in [3.05, 3.63) is 23.8 Å². The third-order valence-electron chi connectivity index (χ3n) is 2.47. The SMILES string of the molecule is COc1cc(N)cc(C(=O)NC(C)(C)C(N)=O)c1. The lowest BCUT2D eigenvalue weighted by atomic mass is 10.0. The van der Waals surface area contributed by atoms with Crippen molar-refractivity contribution in [2.45, 2.75) is 19.4 Å². The zero-order valence-electron chi connectivity index (χ0n) is 10.6. The third-order valence-corrected chi connectivity index (χ3v) is 2.47. The number of carbonyl (C=O) groups excluding carboxylic acids is 2. The van der Waals surface area contributed by atoms with Crippen LogP contribution < -0.4 is 21.5 Å². The summed E-state index contributed by atoms with van der Waals surface area (Å²) in [6, 6.07) is 4.62. The van der Waals surface area contributed by atoms with Crippen molar-refractivity contribution in [3.8, 4) is 5.75 Å². The summed E-state index contributed by atoms with van der Waals surface area (Å²) >= 11 is 0. The zero-order chi connectivity index (χ0) is 13.9. The van der Waals surface area contributed by atoms with Gasteiger partial charge in [-0.25, -0.2) is 0 Å². The lowest BCUT2D eigenvalue weighted by Gasteiger charge is -2.22. The quantitative estimate of drug-likeness (QED) is 0.667. The van der Waals surface area contributed by atoms with Gasteiger partial charge in [0.25, 0.3) is 5.91 Å². The Morgan fingerprint density at radius 1 is 1.28 bits per heavy atom. The van der Waals surface area contributed by atoms with Crippen LogP contribution in [0.4, 0.5) is 5.69 Å². The van der Waals surface area contributed by atoms with Gasteiger partial charge in [-0.15, -0.1) is 0 Å². The Morgan fingerprint density at radius 2 is 1.89 bits per heavy atom. The van der Waals surface area contributed by atoms with E-state index >= 15 is 0 Å². The molecular weight excluding hydrogens is 234 g/mol. The zero-order valence-corrected chi connectivity index (χ0v) is 10.6. The van der Waals surface area contributed by atoms with Crippen molar-refractivity contribution < 1.29 is 14.3 Å². The summed E-state index contributed by atoms with van der Waals surface area (Å²) < 4.78 is 5.01. The molecule has 0 saturated heterocycles. The number of hydrogen-bond acceptors (Lipinski definition) is 4. The largest absolute Gasteiger partial charge is 0.497 e. The Kier molecular flexibility index (Phi) is 3.80. The molecule has 2 amide bonds. The maximum Gasteiger partial charge on any atom is 0.252 e. The number of amides is 2. The molecule has 0 heterocycles. The Labute approximate surface area is 105 Å². The molecule has 0 aliphatic carbocycles. The van der Waals surface area contributed by atoms with E-state index in [1.807, 2.05) is 0 Å². The van der Waals surface area contributed by atoms with Gasteiger partial charge in [-0.3, -0.25) is 9.59 Å². The molecule has 98 valence electrons. The number of primary amides is 1. The van der Waals surface area contributed by atoms with Crippen LogP contribution in [0.2, 0.25) is 0 Å². The van der Waals surface area contributed by atoms with E-state index in [1.54, 1.807) is 6.07 Å². The highest BCUT2D eigenvalue weighted by molar-refractivity contribution is 5.99. The van der Waals surface area contributed by atoms with E-state index in [0.717, 1.165) is 0 Å². The second-order valence-corrected chi connectivity index (χ2v) is 4.44. The van der Waals surface area contributed by atoms with Crippen molar-refractivity contribution in [3.63, 3.8) is 0 Å². The molecule has 5 N–H and O–H groups in total. The fourth-order valence-corrected chi connectivity index (χ4v) is 1.29. The minimum atomic E-state index is -1.13. The molecule has 0 atom stereocenters. The van der Waals surface area contributed by atoms with Gasteiger partial charge < -0.3 is 21.5 Å². The minimum absolute atomic E-state index is 0.307. The Hall–Kier alpha value is -2.24. The van der Waals surface area contributed by atoms with Gasteiger partial charge in [0.15, 0.2) is 0 Å². The number of methoxy groups -OCH3 is 1. The average Bonchev–Trinajstić information content (AvgIpc) is 2.27. The number of carbonyl (C=O) groups is 2. The van der Waals surface area contributed by atoms with Gasteiger partial charge in [-0.05, 0) is 26.0 Å². The van der Waals surface area contributed by atoms with E-state index in [2.05, 4.69) is 5.32 Å². The standard InChI is InChI=1S/C12H17N3O3/c1-12(2,11(14)17)15-10(16)7-4-8(13)6-9(5-7)18-3/h4-6H,13H2,1-3H3,(H2,14,17)(H,15,16). The number of ether oxygens (including phenoxy) is 1. The monoisotopic (exact) mass is 251 g/mol. The number of rotatable bonds is 4. The fraction of sp³-hybridized carbons (Fsp3) is 0.333. The summed E-state index contributed by atoms with van der Waals surface area (Å²) in [5, 5.41) is 2.53. The molecule has 1 rings (SSSR count). The highest BCUT2D eigenvalue weighted by Gasteiger charge is 2.27. The van der Waals surface area contributed by atoms with Crippen molar-refractivity contribution >= 4 is 17.5 Å². The van der Waals surface area contributed by atoms with Crippen LogP contribution in [0.1, 0.15) is 24.2 Å². The van der Waals surface area contributed by atoms with Crippen molar-refractivity contribution in [2.24, 2.45) is 5.73 Å². The molecule has 0 spiro atoms. The highest BCUT2D eigenvalue weighted by Crippen LogP contribution is 2.19. The molecule has 0 aromatic heterocycles. The molecule has 0 aliphatic heterocycles. The second-order valence-electron chi connectivity index (χ2n) is 4.44. The number of nitrogens with one attached hydrogen (secondary N) is 1. The van der Waals surface area contributed by atoms with Crippen LogP contribution in [0.5, 0.6) is 5.75 Å². The fourth-order valence-electron chi connectivity index (χ4n) is 1.29. The first-order valence-corrected chi connectivity index (χ1v) is 5.33. The summed E-state index contributed by atoms with van der Waals surface area (Å²) in [6.07, 6.45) is 0. The van der Waals surface area contributed by atoms with Crippen LogP contribution in [0.15, 0.2) is 18.2 Å². The highest BCUT2D eigenvalue weighted by atomic mass is 16.5. The van der Waals surface area contributed by atoms with E-state index < -0.39 is 17.4 Å². The molecule has 18 heavy (non-hydrogen) atoms. The summed E-state index contributed by atoms with van der Waals surface area (Å²) in [4.78, 5) is 23.1. The van der Waals surface area contributed by atoms with Crippen LogP contribution in [0.3, 0.4) is 0 Å². The number of benzene rings is 1. The summed E-state index contributed by atoms with van der Waals surface area (Å²) in [5.41, 5.74) is 10.4. The van der Waals surface area contributed by atoms with Gasteiger partial charge in [-0.2, -0.15) is 0 Å². The third kappa shape index (κ3) is 3.13. The Bertz CT molecular complexity index is 483.